The maximum atomic E-state index is 8.46. The van der Waals surface area contributed by atoms with Crippen LogP contribution in [0.3, 0.4) is 0 Å². The van der Waals surface area contributed by atoms with Crippen molar-refractivity contribution in [2.24, 2.45) is 0 Å². The highest BCUT2D eigenvalue weighted by atomic mass is 16.5. The lowest BCUT2D eigenvalue weighted by Crippen LogP contribution is -2.11. The Bertz CT molecular complexity index is 583. The van der Waals surface area contributed by atoms with Gasteiger partial charge < -0.3 is 14.6 Å². The van der Waals surface area contributed by atoms with Gasteiger partial charge in [-0.15, -0.1) is 0 Å². The second kappa shape index (κ2) is 6.21. The molecule has 100 valence electrons. The summed E-state index contributed by atoms with van der Waals surface area (Å²) in [5.74, 6) is 1.76. The maximum absolute atomic E-state index is 8.46. The lowest BCUT2D eigenvalue weighted by atomic mass is 10.3. The molecule has 1 aromatic carbocycles. The van der Waals surface area contributed by atoms with Gasteiger partial charge in [-0.1, -0.05) is 0 Å². The summed E-state index contributed by atoms with van der Waals surface area (Å²) in [7, 11) is 4.02. The summed E-state index contributed by atoms with van der Waals surface area (Å²) in [5, 5.41) is 8.46. The fraction of sp³-hybridized carbons (Fsp3) is 0.429. The van der Waals surface area contributed by atoms with Crippen molar-refractivity contribution >= 4 is 11.0 Å². The number of rotatable bonds is 6. The molecule has 0 aliphatic rings. The van der Waals surface area contributed by atoms with Gasteiger partial charge in [-0.05, 0) is 32.6 Å². The van der Waals surface area contributed by atoms with E-state index < -0.39 is 0 Å². The van der Waals surface area contributed by atoms with Gasteiger partial charge in [0.1, 0.15) is 11.6 Å². The molecular formula is C14H18N4O. The van der Waals surface area contributed by atoms with Crippen molar-refractivity contribution in [3.63, 3.8) is 0 Å². The number of H-pyrrole nitrogens is 1. The first-order valence-corrected chi connectivity index (χ1v) is 6.32. The average Bonchev–Trinajstić information content (AvgIpc) is 2.75. The number of nitriles is 1. The van der Waals surface area contributed by atoms with E-state index in [0.717, 1.165) is 35.6 Å². The molecule has 2 aromatic rings. The summed E-state index contributed by atoms with van der Waals surface area (Å²) in [6.07, 6.45) is 1.28. The standard InChI is InChI=1S/C14H18N4O/c1-18(2)10-14-16-12-6-5-11(9-13(12)17-14)19-8-4-3-7-15/h5-6,9H,3-4,8,10H2,1-2H3,(H,16,17). The van der Waals surface area contributed by atoms with E-state index in [1.54, 1.807) is 0 Å². The van der Waals surface area contributed by atoms with Crippen molar-refractivity contribution in [3.8, 4) is 11.8 Å². The minimum atomic E-state index is 0.527. The number of aromatic nitrogens is 2. The van der Waals surface area contributed by atoms with E-state index >= 15 is 0 Å². The predicted octanol–water partition coefficient (Wildman–Crippen LogP) is 2.31. The molecule has 0 amide bonds. The van der Waals surface area contributed by atoms with Crippen LogP contribution in [0.25, 0.3) is 11.0 Å². The zero-order valence-electron chi connectivity index (χ0n) is 11.3. The minimum Gasteiger partial charge on any atom is -0.493 e. The number of unbranched alkanes of at least 4 members (excludes halogenated alkanes) is 1. The molecular weight excluding hydrogens is 240 g/mol. The molecule has 0 saturated carbocycles. The molecule has 5 nitrogen and oxygen atoms in total. The maximum Gasteiger partial charge on any atom is 0.121 e. The molecule has 19 heavy (non-hydrogen) atoms. The van der Waals surface area contributed by atoms with Gasteiger partial charge in [-0.2, -0.15) is 5.26 Å². The Balaban J connectivity index is 2.05. The third-order valence-electron chi connectivity index (χ3n) is 2.67. The second-order valence-electron chi connectivity index (χ2n) is 4.71. The second-order valence-corrected chi connectivity index (χ2v) is 4.71. The summed E-state index contributed by atoms with van der Waals surface area (Å²) in [4.78, 5) is 9.86. The van der Waals surface area contributed by atoms with Crippen LogP contribution in [0.1, 0.15) is 18.7 Å². The highest BCUT2D eigenvalue weighted by molar-refractivity contribution is 5.76. The van der Waals surface area contributed by atoms with Crippen molar-refractivity contribution < 1.29 is 4.74 Å². The molecule has 0 aliphatic carbocycles. The van der Waals surface area contributed by atoms with Gasteiger partial charge in [-0.25, -0.2) is 4.98 Å². The van der Waals surface area contributed by atoms with Crippen molar-refractivity contribution in [1.82, 2.24) is 14.9 Å². The molecule has 0 atom stereocenters. The number of imidazole rings is 1. The Kier molecular flexibility index (Phi) is 4.37. The average molecular weight is 258 g/mol. The van der Waals surface area contributed by atoms with Crippen molar-refractivity contribution in [1.29, 1.82) is 5.26 Å². The van der Waals surface area contributed by atoms with Gasteiger partial charge in [0.2, 0.25) is 0 Å². The topological polar surface area (TPSA) is 64.9 Å². The lowest BCUT2D eigenvalue weighted by Gasteiger charge is -2.05. The number of ether oxygens (including phenoxy) is 1. The zero-order valence-corrected chi connectivity index (χ0v) is 11.3. The Morgan fingerprint density at radius 1 is 1.42 bits per heavy atom. The molecule has 0 saturated heterocycles. The molecule has 2 rings (SSSR count). The minimum absolute atomic E-state index is 0.527. The summed E-state index contributed by atoms with van der Waals surface area (Å²) >= 11 is 0. The molecule has 0 fully saturated rings. The van der Waals surface area contributed by atoms with Crippen LogP contribution in [-0.4, -0.2) is 35.6 Å². The number of hydrogen-bond donors (Lipinski definition) is 1. The quantitative estimate of drug-likeness (QED) is 0.807. The molecule has 0 aliphatic heterocycles. The van der Waals surface area contributed by atoms with Crippen LogP contribution >= 0.6 is 0 Å². The number of nitrogens with zero attached hydrogens (tertiary/aromatic N) is 3. The van der Waals surface area contributed by atoms with Gasteiger partial charge in [0.25, 0.3) is 0 Å². The van der Waals surface area contributed by atoms with Gasteiger partial charge >= 0.3 is 0 Å². The molecule has 1 aromatic heterocycles. The number of hydrogen-bond acceptors (Lipinski definition) is 4. The number of benzene rings is 1. The van der Waals surface area contributed by atoms with E-state index in [0.29, 0.717) is 13.0 Å². The Labute approximate surface area is 112 Å². The highest BCUT2D eigenvalue weighted by Crippen LogP contribution is 2.19. The first-order chi connectivity index (χ1) is 9.19. The normalized spacial score (nSPS) is 10.8. The Hall–Kier alpha value is -2.06. The number of aromatic amines is 1. The summed E-state index contributed by atoms with van der Waals surface area (Å²) in [6.45, 7) is 1.35. The van der Waals surface area contributed by atoms with E-state index in [9.17, 15) is 0 Å². The summed E-state index contributed by atoms with van der Waals surface area (Å²) in [5.41, 5.74) is 1.93. The predicted molar refractivity (Wildman–Crippen MR) is 73.8 cm³/mol. The van der Waals surface area contributed by atoms with Crippen LogP contribution in [0, 0.1) is 11.3 Å². The third-order valence-corrected chi connectivity index (χ3v) is 2.67. The Morgan fingerprint density at radius 2 is 2.26 bits per heavy atom. The van der Waals surface area contributed by atoms with Gasteiger partial charge in [-0.3, -0.25) is 0 Å². The van der Waals surface area contributed by atoms with Crippen LogP contribution in [0.4, 0.5) is 0 Å². The van der Waals surface area contributed by atoms with Crippen LogP contribution < -0.4 is 4.74 Å². The van der Waals surface area contributed by atoms with Gasteiger partial charge in [0.05, 0.1) is 30.3 Å². The van der Waals surface area contributed by atoms with E-state index in [2.05, 4.69) is 20.9 Å². The smallest absolute Gasteiger partial charge is 0.121 e. The Morgan fingerprint density at radius 3 is 3.00 bits per heavy atom. The fourth-order valence-electron chi connectivity index (χ4n) is 1.85. The van der Waals surface area contributed by atoms with Crippen molar-refractivity contribution in [3.05, 3.63) is 24.0 Å². The largest absolute Gasteiger partial charge is 0.493 e. The van der Waals surface area contributed by atoms with Crippen LogP contribution in [0.2, 0.25) is 0 Å². The van der Waals surface area contributed by atoms with Gasteiger partial charge in [0.15, 0.2) is 0 Å². The van der Waals surface area contributed by atoms with E-state index in [1.807, 2.05) is 32.3 Å². The number of fused-ring (bicyclic) bond motifs is 1. The monoisotopic (exact) mass is 258 g/mol. The lowest BCUT2D eigenvalue weighted by molar-refractivity contribution is 0.313. The van der Waals surface area contributed by atoms with Crippen LogP contribution in [0.5, 0.6) is 5.75 Å². The number of nitrogens with one attached hydrogen (secondary N) is 1. The molecule has 5 heteroatoms. The summed E-state index contributed by atoms with van der Waals surface area (Å²) < 4.78 is 5.60. The molecule has 1 N–H and O–H groups in total. The highest BCUT2D eigenvalue weighted by Gasteiger charge is 2.05. The third kappa shape index (κ3) is 3.70. The molecule has 0 bridgehead atoms. The van der Waals surface area contributed by atoms with E-state index in [1.165, 1.54) is 0 Å². The van der Waals surface area contributed by atoms with E-state index in [-0.39, 0.29) is 0 Å². The molecule has 0 unspecified atom stereocenters. The SMILES string of the molecule is CN(C)Cc1nc2ccc(OCCCC#N)cc2[nH]1. The van der Waals surface area contributed by atoms with Crippen LogP contribution in [0.15, 0.2) is 18.2 Å². The summed E-state index contributed by atoms with van der Waals surface area (Å²) in [6, 6.07) is 7.92. The molecule has 0 spiro atoms. The zero-order chi connectivity index (χ0) is 13.7. The molecule has 1 heterocycles. The van der Waals surface area contributed by atoms with Crippen LogP contribution in [-0.2, 0) is 6.54 Å². The van der Waals surface area contributed by atoms with E-state index in [4.69, 9.17) is 10.00 Å². The van der Waals surface area contributed by atoms with Crippen molar-refractivity contribution in [2.45, 2.75) is 19.4 Å². The first kappa shape index (κ1) is 13.4. The first-order valence-electron chi connectivity index (χ1n) is 6.32. The fourth-order valence-corrected chi connectivity index (χ4v) is 1.85. The molecule has 0 radical (unpaired) electrons. The van der Waals surface area contributed by atoms with Crippen molar-refractivity contribution in [2.75, 3.05) is 20.7 Å². The van der Waals surface area contributed by atoms with Gasteiger partial charge in [0, 0.05) is 12.5 Å².